The average Bonchev–Trinajstić information content (AvgIpc) is 2.93. The van der Waals surface area contributed by atoms with Crippen LogP contribution in [-0.2, 0) is 6.61 Å². The van der Waals surface area contributed by atoms with Crippen molar-refractivity contribution in [1.82, 2.24) is 0 Å². The van der Waals surface area contributed by atoms with E-state index in [0.717, 1.165) is 5.56 Å². The van der Waals surface area contributed by atoms with Gasteiger partial charge in [-0.1, -0.05) is 6.07 Å². The highest BCUT2D eigenvalue weighted by Crippen LogP contribution is 2.32. The number of carbonyl (C=O) groups is 1. The standard InChI is InChI=1S/C16H13FO4/c1-10(18)12-3-5-14(13(17)7-12)19-8-11-2-4-15-16(6-11)21-9-20-15/h2-7H,8-9H2,1H3. The molecule has 0 fully saturated rings. The molecule has 3 rings (SSSR count). The van der Waals surface area contributed by atoms with E-state index in [1.54, 1.807) is 18.2 Å². The third kappa shape index (κ3) is 2.81. The van der Waals surface area contributed by atoms with E-state index >= 15 is 0 Å². The summed E-state index contributed by atoms with van der Waals surface area (Å²) in [5.41, 5.74) is 1.16. The van der Waals surface area contributed by atoms with Crippen molar-refractivity contribution in [3.63, 3.8) is 0 Å². The normalized spacial score (nSPS) is 12.3. The number of halogens is 1. The molecule has 0 spiro atoms. The number of benzene rings is 2. The van der Waals surface area contributed by atoms with E-state index in [0.29, 0.717) is 17.1 Å². The van der Waals surface area contributed by atoms with Gasteiger partial charge in [-0.3, -0.25) is 4.79 Å². The van der Waals surface area contributed by atoms with Gasteiger partial charge in [0, 0.05) is 5.56 Å². The molecular formula is C16H13FO4. The molecule has 5 heteroatoms. The minimum atomic E-state index is -0.552. The van der Waals surface area contributed by atoms with E-state index in [9.17, 15) is 9.18 Å². The molecule has 0 N–H and O–H groups in total. The summed E-state index contributed by atoms with van der Waals surface area (Å²) in [5.74, 6) is 0.719. The zero-order valence-electron chi connectivity index (χ0n) is 11.4. The van der Waals surface area contributed by atoms with Crippen LogP contribution in [0.4, 0.5) is 4.39 Å². The lowest BCUT2D eigenvalue weighted by molar-refractivity contribution is 0.101. The zero-order valence-corrected chi connectivity index (χ0v) is 11.4. The van der Waals surface area contributed by atoms with E-state index in [2.05, 4.69) is 0 Å². The molecule has 1 heterocycles. The Morgan fingerprint density at radius 2 is 2.00 bits per heavy atom. The Balaban J connectivity index is 1.71. The lowest BCUT2D eigenvalue weighted by Crippen LogP contribution is -1.99. The second kappa shape index (κ2) is 5.44. The molecule has 108 valence electrons. The number of ether oxygens (including phenoxy) is 3. The second-order valence-electron chi connectivity index (χ2n) is 4.68. The minimum absolute atomic E-state index is 0.109. The van der Waals surface area contributed by atoms with Crippen LogP contribution in [0.5, 0.6) is 17.2 Å². The molecule has 1 aliphatic heterocycles. The van der Waals surface area contributed by atoms with Gasteiger partial charge in [0.15, 0.2) is 28.8 Å². The first-order valence-electron chi connectivity index (χ1n) is 6.45. The molecule has 0 saturated carbocycles. The van der Waals surface area contributed by atoms with Crippen molar-refractivity contribution < 1.29 is 23.4 Å². The quantitative estimate of drug-likeness (QED) is 0.809. The van der Waals surface area contributed by atoms with Gasteiger partial charge >= 0.3 is 0 Å². The number of fused-ring (bicyclic) bond motifs is 1. The van der Waals surface area contributed by atoms with Crippen LogP contribution in [-0.4, -0.2) is 12.6 Å². The van der Waals surface area contributed by atoms with Gasteiger partial charge in [0.25, 0.3) is 0 Å². The Morgan fingerprint density at radius 3 is 2.76 bits per heavy atom. The van der Waals surface area contributed by atoms with Crippen LogP contribution in [0.25, 0.3) is 0 Å². The molecule has 0 amide bonds. The number of carbonyl (C=O) groups excluding carboxylic acids is 1. The SMILES string of the molecule is CC(=O)c1ccc(OCc2ccc3c(c2)OCO3)c(F)c1. The van der Waals surface area contributed by atoms with Gasteiger partial charge < -0.3 is 14.2 Å². The maximum Gasteiger partial charge on any atom is 0.231 e. The van der Waals surface area contributed by atoms with E-state index in [1.807, 2.05) is 6.07 Å². The summed E-state index contributed by atoms with van der Waals surface area (Å²) in [4.78, 5) is 11.2. The molecule has 0 unspecified atom stereocenters. The first-order chi connectivity index (χ1) is 10.1. The fraction of sp³-hybridized carbons (Fsp3) is 0.188. The van der Waals surface area contributed by atoms with E-state index in [-0.39, 0.29) is 24.9 Å². The predicted molar refractivity (Wildman–Crippen MR) is 73.3 cm³/mol. The van der Waals surface area contributed by atoms with Crippen molar-refractivity contribution in [1.29, 1.82) is 0 Å². The largest absolute Gasteiger partial charge is 0.486 e. The summed E-state index contributed by atoms with van der Waals surface area (Å²) in [6.45, 7) is 1.80. The lowest BCUT2D eigenvalue weighted by Gasteiger charge is -2.08. The van der Waals surface area contributed by atoms with Crippen LogP contribution in [0.1, 0.15) is 22.8 Å². The van der Waals surface area contributed by atoms with Gasteiger partial charge in [-0.2, -0.15) is 0 Å². The molecule has 0 radical (unpaired) electrons. The van der Waals surface area contributed by atoms with E-state index in [1.165, 1.54) is 19.1 Å². The first-order valence-corrected chi connectivity index (χ1v) is 6.45. The molecule has 1 aliphatic rings. The highest BCUT2D eigenvalue weighted by atomic mass is 19.1. The number of Topliss-reactive ketones (excluding diaryl/α,β-unsaturated/α-hetero) is 1. The van der Waals surface area contributed by atoms with Crippen molar-refractivity contribution in [2.24, 2.45) is 0 Å². The molecule has 4 nitrogen and oxygen atoms in total. The van der Waals surface area contributed by atoms with Gasteiger partial charge in [0.1, 0.15) is 6.61 Å². The topological polar surface area (TPSA) is 44.8 Å². The van der Waals surface area contributed by atoms with Crippen LogP contribution in [0, 0.1) is 5.82 Å². The van der Waals surface area contributed by atoms with Crippen LogP contribution < -0.4 is 14.2 Å². The highest BCUT2D eigenvalue weighted by molar-refractivity contribution is 5.94. The van der Waals surface area contributed by atoms with E-state index in [4.69, 9.17) is 14.2 Å². The van der Waals surface area contributed by atoms with Crippen LogP contribution in [0.2, 0.25) is 0 Å². The minimum Gasteiger partial charge on any atom is -0.486 e. The summed E-state index contributed by atoms with van der Waals surface area (Å²) in [6, 6.07) is 9.59. The Kier molecular flexibility index (Phi) is 3.48. The molecule has 0 aliphatic carbocycles. The van der Waals surface area contributed by atoms with Gasteiger partial charge in [-0.05, 0) is 42.8 Å². The second-order valence-corrected chi connectivity index (χ2v) is 4.68. The first kappa shape index (κ1) is 13.4. The predicted octanol–water partition coefficient (Wildman–Crippen LogP) is 3.34. The van der Waals surface area contributed by atoms with Gasteiger partial charge in [-0.15, -0.1) is 0 Å². The molecule has 0 aromatic heterocycles. The molecule has 21 heavy (non-hydrogen) atoms. The number of hydrogen-bond acceptors (Lipinski definition) is 4. The number of hydrogen-bond donors (Lipinski definition) is 0. The van der Waals surface area contributed by atoms with Crippen molar-refractivity contribution >= 4 is 5.78 Å². The van der Waals surface area contributed by atoms with Crippen LogP contribution >= 0.6 is 0 Å². The van der Waals surface area contributed by atoms with Crippen molar-refractivity contribution in [2.75, 3.05) is 6.79 Å². The fourth-order valence-corrected chi connectivity index (χ4v) is 2.03. The smallest absolute Gasteiger partial charge is 0.231 e. The lowest BCUT2D eigenvalue weighted by atomic mass is 10.1. The van der Waals surface area contributed by atoms with Crippen molar-refractivity contribution in [2.45, 2.75) is 13.5 Å². The van der Waals surface area contributed by atoms with Crippen molar-refractivity contribution in [3.05, 3.63) is 53.3 Å². The summed E-state index contributed by atoms with van der Waals surface area (Å²) in [5, 5.41) is 0. The third-order valence-electron chi connectivity index (χ3n) is 3.17. The van der Waals surface area contributed by atoms with Gasteiger partial charge in [0.2, 0.25) is 6.79 Å². The summed E-state index contributed by atoms with van der Waals surface area (Å²) in [6.07, 6.45) is 0. The van der Waals surface area contributed by atoms with Crippen LogP contribution in [0.15, 0.2) is 36.4 Å². The Labute approximate surface area is 121 Å². The molecule has 2 aromatic carbocycles. The monoisotopic (exact) mass is 288 g/mol. The average molecular weight is 288 g/mol. The summed E-state index contributed by atoms with van der Waals surface area (Å²) >= 11 is 0. The number of ketones is 1. The fourth-order valence-electron chi connectivity index (χ4n) is 2.03. The third-order valence-corrected chi connectivity index (χ3v) is 3.17. The number of rotatable bonds is 4. The Morgan fingerprint density at radius 1 is 1.19 bits per heavy atom. The summed E-state index contributed by atoms with van der Waals surface area (Å²) in [7, 11) is 0. The molecule has 0 saturated heterocycles. The molecular weight excluding hydrogens is 275 g/mol. The van der Waals surface area contributed by atoms with Crippen molar-refractivity contribution in [3.8, 4) is 17.2 Å². The Hall–Kier alpha value is -2.56. The van der Waals surface area contributed by atoms with E-state index < -0.39 is 5.82 Å². The zero-order chi connectivity index (χ0) is 14.8. The summed E-state index contributed by atoms with van der Waals surface area (Å²) < 4.78 is 29.7. The Bertz CT molecular complexity index is 697. The molecule has 2 aromatic rings. The van der Waals surface area contributed by atoms with Gasteiger partial charge in [0.05, 0.1) is 0 Å². The molecule has 0 atom stereocenters. The maximum atomic E-state index is 13.8. The van der Waals surface area contributed by atoms with Crippen LogP contribution in [0.3, 0.4) is 0 Å². The maximum absolute atomic E-state index is 13.8. The molecule has 0 bridgehead atoms. The highest BCUT2D eigenvalue weighted by Gasteiger charge is 2.14. The van der Waals surface area contributed by atoms with Gasteiger partial charge in [-0.25, -0.2) is 4.39 Å².